The molecule has 6 nitrogen and oxygen atoms in total. The topological polar surface area (TPSA) is 47.9 Å². The van der Waals surface area contributed by atoms with Gasteiger partial charge in [0.05, 0.1) is 28.5 Å². The predicted molar refractivity (Wildman–Crippen MR) is 150 cm³/mol. The number of pyridine rings is 2. The molecule has 6 heteroatoms. The highest BCUT2D eigenvalue weighted by Gasteiger charge is 2.28. The standard InChI is InChI=1S/C31H24N6/c1-35-20-34-36(21-35)23-14-15-27-30(19-23)37(24-9-6-8-22(18-24)28-12-4-5-16-32-28)29-13-3-2-10-25(29)26-11-7-17-33-31(26)27/h2-20H,21H2,1H3. The molecule has 7 rings (SSSR count). The fraction of sp³-hybridized carbons (Fsp3) is 0.0645. The molecule has 0 atom stereocenters. The number of benzene rings is 3. The summed E-state index contributed by atoms with van der Waals surface area (Å²) in [5.74, 6) is 0. The second kappa shape index (κ2) is 8.60. The number of anilines is 4. The zero-order valence-electron chi connectivity index (χ0n) is 20.4. The Morgan fingerprint density at radius 1 is 0.649 bits per heavy atom. The van der Waals surface area contributed by atoms with E-state index >= 15 is 0 Å². The van der Waals surface area contributed by atoms with E-state index in [-0.39, 0.29) is 0 Å². The molecule has 3 aromatic carbocycles. The molecule has 2 aliphatic rings. The highest BCUT2D eigenvalue weighted by atomic mass is 15.6. The normalized spacial score (nSPS) is 13.7. The highest BCUT2D eigenvalue weighted by molar-refractivity contribution is 6.02. The molecule has 2 aliphatic heterocycles. The Bertz CT molecular complexity index is 1650. The van der Waals surface area contributed by atoms with Gasteiger partial charge in [0.1, 0.15) is 13.0 Å². The number of hydrazone groups is 1. The van der Waals surface area contributed by atoms with E-state index in [1.54, 1.807) is 0 Å². The van der Waals surface area contributed by atoms with Crippen molar-refractivity contribution in [3.05, 3.63) is 109 Å². The molecular weight excluding hydrogens is 456 g/mol. The first-order valence-corrected chi connectivity index (χ1v) is 12.3. The van der Waals surface area contributed by atoms with Gasteiger partial charge < -0.3 is 9.80 Å². The van der Waals surface area contributed by atoms with Crippen molar-refractivity contribution >= 4 is 29.1 Å². The maximum Gasteiger partial charge on any atom is 0.113 e. The van der Waals surface area contributed by atoms with E-state index in [0.29, 0.717) is 6.67 Å². The molecule has 0 saturated carbocycles. The summed E-state index contributed by atoms with van der Waals surface area (Å²) >= 11 is 0. The van der Waals surface area contributed by atoms with Crippen LogP contribution in [0.15, 0.2) is 115 Å². The smallest absolute Gasteiger partial charge is 0.113 e. The number of nitrogens with zero attached hydrogens (tertiary/aromatic N) is 6. The SMILES string of the molecule is CN1C=NN(c2ccc3c(c2)N(c2cccc(-c4ccccn4)c2)c2ccccc2-c2cccnc2-3)C1. The zero-order chi connectivity index (χ0) is 24.8. The summed E-state index contributed by atoms with van der Waals surface area (Å²) in [5, 5.41) is 6.60. The van der Waals surface area contributed by atoms with Crippen LogP contribution in [0.1, 0.15) is 0 Å². The second-order valence-electron chi connectivity index (χ2n) is 9.25. The molecule has 0 N–H and O–H groups in total. The molecule has 178 valence electrons. The maximum absolute atomic E-state index is 4.86. The number of hydrogen-bond donors (Lipinski definition) is 0. The molecule has 37 heavy (non-hydrogen) atoms. The van der Waals surface area contributed by atoms with Crippen molar-refractivity contribution in [2.75, 3.05) is 23.6 Å². The van der Waals surface area contributed by atoms with Crippen molar-refractivity contribution in [2.45, 2.75) is 0 Å². The molecule has 0 aliphatic carbocycles. The van der Waals surface area contributed by atoms with Crippen LogP contribution in [-0.4, -0.2) is 34.9 Å². The number of para-hydroxylation sites is 1. The molecule has 4 heterocycles. The van der Waals surface area contributed by atoms with E-state index in [1.165, 1.54) is 0 Å². The molecular formula is C31H24N6. The van der Waals surface area contributed by atoms with Crippen molar-refractivity contribution in [1.82, 2.24) is 14.9 Å². The maximum atomic E-state index is 4.86. The fourth-order valence-corrected chi connectivity index (χ4v) is 5.13. The average Bonchev–Trinajstić information content (AvgIpc) is 3.35. The van der Waals surface area contributed by atoms with Crippen LogP contribution < -0.4 is 9.91 Å². The van der Waals surface area contributed by atoms with E-state index in [2.05, 4.69) is 92.7 Å². The lowest BCUT2D eigenvalue weighted by atomic mass is 9.99. The fourth-order valence-electron chi connectivity index (χ4n) is 5.13. The van der Waals surface area contributed by atoms with Crippen LogP contribution in [0, 0.1) is 0 Å². The van der Waals surface area contributed by atoms with E-state index in [0.717, 1.165) is 56.4 Å². The second-order valence-corrected chi connectivity index (χ2v) is 9.25. The number of rotatable bonds is 3. The van der Waals surface area contributed by atoms with Gasteiger partial charge in [0.25, 0.3) is 0 Å². The summed E-state index contributed by atoms with van der Waals surface area (Å²) in [4.78, 5) is 13.9. The van der Waals surface area contributed by atoms with Gasteiger partial charge in [-0.15, -0.1) is 0 Å². The van der Waals surface area contributed by atoms with Gasteiger partial charge in [-0.1, -0.05) is 42.5 Å². The Kier molecular flexibility index (Phi) is 4.96. The van der Waals surface area contributed by atoms with Gasteiger partial charge in [-0.05, 0) is 54.6 Å². The lowest BCUT2D eigenvalue weighted by Gasteiger charge is -2.28. The van der Waals surface area contributed by atoms with E-state index in [4.69, 9.17) is 4.98 Å². The minimum atomic E-state index is 0.708. The van der Waals surface area contributed by atoms with Crippen LogP contribution in [0.2, 0.25) is 0 Å². The van der Waals surface area contributed by atoms with Gasteiger partial charge in [0.15, 0.2) is 0 Å². The van der Waals surface area contributed by atoms with Crippen LogP contribution in [0.25, 0.3) is 33.6 Å². The lowest BCUT2D eigenvalue weighted by Crippen LogP contribution is -2.23. The average molecular weight is 481 g/mol. The monoisotopic (exact) mass is 480 g/mol. The van der Waals surface area contributed by atoms with Gasteiger partial charge in [0, 0.05) is 47.4 Å². The largest absolute Gasteiger partial charge is 0.345 e. The van der Waals surface area contributed by atoms with Gasteiger partial charge in [-0.25, -0.2) is 5.01 Å². The van der Waals surface area contributed by atoms with Gasteiger partial charge in [-0.2, -0.15) is 5.10 Å². The molecule has 0 amide bonds. The molecule has 5 aromatic rings. The Labute approximate surface area is 215 Å². The summed E-state index contributed by atoms with van der Waals surface area (Å²) in [6, 6.07) is 33.8. The number of aromatic nitrogens is 2. The van der Waals surface area contributed by atoms with Crippen molar-refractivity contribution in [2.24, 2.45) is 5.10 Å². The highest BCUT2D eigenvalue weighted by Crippen LogP contribution is 2.51. The number of fused-ring (bicyclic) bond motifs is 5. The van der Waals surface area contributed by atoms with Crippen molar-refractivity contribution in [1.29, 1.82) is 0 Å². The van der Waals surface area contributed by atoms with E-state index in [1.807, 2.05) is 55.1 Å². The quantitative estimate of drug-likeness (QED) is 0.275. The van der Waals surface area contributed by atoms with Crippen LogP contribution in [0.3, 0.4) is 0 Å². The first-order chi connectivity index (χ1) is 18.3. The van der Waals surface area contributed by atoms with E-state index < -0.39 is 0 Å². The Hall–Kier alpha value is -4.97. The van der Waals surface area contributed by atoms with Crippen molar-refractivity contribution in [3.63, 3.8) is 0 Å². The van der Waals surface area contributed by atoms with Crippen LogP contribution in [-0.2, 0) is 0 Å². The number of hydrogen-bond acceptors (Lipinski definition) is 6. The van der Waals surface area contributed by atoms with E-state index in [9.17, 15) is 0 Å². The minimum Gasteiger partial charge on any atom is -0.345 e. The lowest BCUT2D eigenvalue weighted by molar-refractivity contribution is 0.549. The minimum absolute atomic E-state index is 0.708. The summed E-state index contributed by atoms with van der Waals surface area (Å²) < 4.78 is 0. The molecule has 0 radical (unpaired) electrons. The third-order valence-corrected chi connectivity index (χ3v) is 6.83. The van der Waals surface area contributed by atoms with Gasteiger partial charge in [-0.3, -0.25) is 9.97 Å². The first kappa shape index (κ1) is 21.3. The molecule has 0 unspecified atom stereocenters. The Balaban J connectivity index is 1.49. The van der Waals surface area contributed by atoms with Crippen LogP contribution in [0.4, 0.5) is 22.7 Å². The summed E-state index contributed by atoms with van der Waals surface area (Å²) in [7, 11) is 2.03. The predicted octanol–water partition coefficient (Wildman–Crippen LogP) is 6.91. The van der Waals surface area contributed by atoms with Crippen molar-refractivity contribution < 1.29 is 0 Å². The summed E-state index contributed by atoms with van der Waals surface area (Å²) in [5.41, 5.74) is 10.6. The van der Waals surface area contributed by atoms with Crippen molar-refractivity contribution in [3.8, 4) is 33.6 Å². The van der Waals surface area contributed by atoms with Crippen LogP contribution >= 0.6 is 0 Å². The van der Waals surface area contributed by atoms with Gasteiger partial charge >= 0.3 is 0 Å². The molecule has 2 aromatic heterocycles. The zero-order valence-corrected chi connectivity index (χ0v) is 20.4. The molecule has 0 fully saturated rings. The Morgan fingerprint density at radius 3 is 2.38 bits per heavy atom. The van der Waals surface area contributed by atoms with Crippen LogP contribution in [0.5, 0.6) is 0 Å². The summed E-state index contributed by atoms with van der Waals surface area (Å²) in [6.07, 6.45) is 5.56. The third-order valence-electron chi connectivity index (χ3n) is 6.83. The van der Waals surface area contributed by atoms with Gasteiger partial charge in [0.2, 0.25) is 0 Å². The summed E-state index contributed by atoms with van der Waals surface area (Å²) in [6.45, 7) is 0.708. The molecule has 0 spiro atoms. The molecule has 0 bridgehead atoms. The molecule has 0 saturated heterocycles. The first-order valence-electron chi connectivity index (χ1n) is 12.3. The third kappa shape index (κ3) is 3.62. The Morgan fingerprint density at radius 2 is 1.51 bits per heavy atom.